The molecule has 0 spiro atoms. The van der Waals surface area contributed by atoms with E-state index in [-0.39, 0.29) is 5.56 Å². The number of para-hydroxylation sites is 1. The molecule has 6 rings (SSSR count). The maximum atomic E-state index is 12.9. The topological polar surface area (TPSA) is 79.7 Å². The average Bonchev–Trinajstić information content (AvgIpc) is 3.56. The van der Waals surface area contributed by atoms with Gasteiger partial charge in [-0.2, -0.15) is 5.10 Å². The zero-order chi connectivity index (χ0) is 22.9. The van der Waals surface area contributed by atoms with Crippen molar-refractivity contribution in [3.8, 4) is 27.6 Å². The first-order valence-electron chi connectivity index (χ1n) is 11.2. The third-order valence-corrected chi connectivity index (χ3v) is 6.94. The molecule has 0 bridgehead atoms. The Balaban J connectivity index is 1.31. The van der Waals surface area contributed by atoms with Crippen LogP contribution in [0.2, 0.25) is 0 Å². The van der Waals surface area contributed by atoms with Gasteiger partial charge in [0.1, 0.15) is 0 Å². The SMILES string of the molecule is O=c1[nH]c(-c2cccs2)nc2c1CN(Cc1cn(-c3ccccc3)nc1-c1ccncc1)CC2. The van der Waals surface area contributed by atoms with Crippen molar-refractivity contribution in [2.45, 2.75) is 19.5 Å². The second-order valence-electron chi connectivity index (χ2n) is 8.30. The predicted molar refractivity (Wildman–Crippen MR) is 133 cm³/mol. The van der Waals surface area contributed by atoms with Gasteiger partial charge in [-0.1, -0.05) is 24.3 Å². The third kappa shape index (κ3) is 3.98. The van der Waals surface area contributed by atoms with Gasteiger partial charge in [0.15, 0.2) is 5.82 Å². The molecule has 1 N–H and O–H groups in total. The number of nitrogens with one attached hydrogen (secondary N) is 1. The van der Waals surface area contributed by atoms with Crippen LogP contribution in [0.25, 0.3) is 27.6 Å². The molecule has 1 aliphatic rings. The summed E-state index contributed by atoms with van der Waals surface area (Å²) in [4.78, 5) is 28.1. The lowest BCUT2D eigenvalue weighted by Crippen LogP contribution is -2.35. The van der Waals surface area contributed by atoms with E-state index in [2.05, 4.69) is 21.1 Å². The molecular weight excluding hydrogens is 444 g/mol. The molecular formula is C26H22N6OS. The Morgan fingerprint density at radius 3 is 2.68 bits per heavy atom. The largest absolute Gasteiger partial charge is 0.306 e. The number of hydrogen-bond acceptors (Lipinski definition) is 6. The molecule has 0 saturated carbocycles. The summed E-state index contributed by atoms with van der Waals surface area (Å²) in [6.45, 7) is 2.09. The quantitative estimate of drug-likeness (QED) is 0.418. The smallest absolute Gasteiger partial charge is 0.255 e. The van der Waals surface area contributed by atoms with Gasteiger partial charge in [0.05, 0.1) is 27.5 Å². The summed E-state index contributed by atoms with van der Waals surface area (Å²) in [5.41, 5.74) is 5.68. The highest BCUT2D eigenvalue weighted by Crippen LogP contribution is 2.27. The average molecular weight is 467 g/mol. The lowest BCUT2D eigenvalue weighted by Gasteiger charge is -2.27. The van der Waals surface area contributed by atoms with Gasteiger partial charge in [0.2, 0.25) is 0 Å². The van der Waals surface area contributed by atoms with E-state index in [4.69, 9.17) is 10.1 Å². The summed E-state index contributed by atoms with van der Waals surface area (Å²) in [6, 6.07) is 18.0. The highest BCUT2D eigenvalue weighted by molar-refractivity contribution is 7.13. The highest BCUT2D eigenvalue weighted by Gasteiger charge is 2.23. The van der Waals surface area contributed by atoms with Crippen molar-refractivity contribution in [1.29, 1.82) is 0 Å². The number of nitrogens with zero attached hydrogens (tertiary/aromatic N) is 5. The fourth-order valence-corrected chi connectivity index (χ4v) is 5.05. The van der Waals surface area contributed by atoms with Crippen LogP contribution in [0.15, 0.2) is 83.4 Å². The van der Waals surface area contributed by atoms with Gasteiger partial charge in [-0.3, -0.25) is 14.7 Å². The van der Waals surface area contributed by atoms with E-state index in [1.807, 2.05) is 64.7 Å². The van der Waals surface area contributed by atoms with Crippen LogP contribution in [0.4, 0.5) is 0 Å². The van der Waals surface area contributed by atoms with Crippen molar-refractivity contribution in [2.24, 2.45) is 0 Å². The molecule has 168 valence electrons. The zero-order valence-electron chi connectivity index (χ0n) is 18.4. The fourth-order valence-electron chi connectivity index (χ4n) is 4.38. The number of fused-ring (bicyclic) bond motifs is 1. The second kappa shape index (κ2) is 8.81. The van der Waals surface area contributed by atoms with E-state index < -0.39 is 0 Å². The monoisotopic (exact) mass is 466 g/mol. The minimum absolute atomic E-state index is 0.0487. The standard InChI is InChI=1S/C26H22N6OS/c33-26-21-17-31(13-10-22(21)28-25(29-26)23-7-4-14-34-23)15-19-16-32(20-5-2-1-3-6-20)30-24(19)18-8-11-27-12-9-18/h1-9,11-12,14,16H,10,13,15,17H2,(H,28,29,33). The normalized spacial score (nSPS) is 13.6. The van der Waals surface area contributed by atoms with Gasteiger partial charge < -0.3 is 4.98 Å². The number of hydrogen-bond donors (Lipinski definition) is 1. The maximum Gasteiger partial charge on any atom is 0.255 e. The first-order valence-corrected chi connectivity index (χ1v) is 12.1. The maximum absolute atomic E-state index is 12.9. The van der Waals surface area contributed by atoms with Crippen LogP contribution in [0.5, 0.6) is 0 Å². The summed E-state index contributed by atoms with van der Waals surface area (Å²) in [7, 11) is 0. The summed E-state index contributed by atoms with van der Waals surface area (Å²) >= 11 is 1.58. The summed E-state index contributed by atoms with van der Waals surface area (Å²) < 4.78 is 1.92. The van der Waals surface area contributed by atoms with Gasteiger partial charge in [-0.25, -0.2) is 9.67 Å². The Bertz CT molecular complexity index is 1480. The van der Waals surface area contributed by atoms with Crippen molar-refractivity contribution in [3.05, 3.63) is 106 Å². The number of aromatic nitrogens is 5. The van der Waals surface area contributed by atoms with Crippen LogP contribution in [0.1, 0.15) is 16.8 Å². The van der Waals surface area contributed by atoms with Gasteiger partial charge in [-0.15, -0.1) is 11.3 Å². The number of rotatable bonds is 5. The molecule has 5 heterocycles. The Morgan fingerprint density at radius 2 is 1.88 bits per heavy atom. The molecule has 4 aromatic heterocycles. The molecule has 0 fully saturated rings. The number of aromatic amines is 1. The number of H-pyrrole nitrogens is 1. The Labute approximate surface area is 200 Å². The first kappa shape index (κ1) is 20.7. The Kier molecular flexibility index (Phi) is 5.37. The summed E-state index contributed by atoms with van der Waals surface area (Å²) in [6.07, 6.45) is 6.40. The van der Waals surface area contributed by atoms with Gasteiger partial charge in [0.25, 0.3) is 5.56 Å². The lowest BCUT2D eigenvalue weighted by atomic mass is 10.0. The van der Waals surface area contributed by atoms with Crippen LogP contribution < -0.4 is 5.56 Å². The molecule has 8 heteroatoms. The third-order valence-electron chi connectivity index (χ3n) is 6.06. The predicted octanol–water partition coefficient (Wildman–Crippen LogP) is 4.30. The van der Waals surface area contributed by atoms with Crippen LogP contribution in [0, 0.1) is 0 Å². The van der Waals surface area contributed by atoms with Crippen LogP contribution in [-0.4, -0.2) is 36.2 Å². The Hall–Kier alpha value is -3.88. The van der Waals surface area contributed by atoms with Crippen molar-refractivity contribution in [1.82, 2.24) is 29.6 Å². The molecule has 7 nitrogen and oxygen atoms in total. The summed E-state index contributed by atoms with van der Waals surface area (Å²) in [5.74, 6) is 0.663. The number of benzene rings is 1. The number of thiophene rings is 1. The molecule has 0 aliphatic carbocycles. The molecule has 5 aromatic rings. The van der Waals surface area contributed by atoms with E-state index >= 15 is 0 Å². The van der Waals surface area contributed by atoms with E-state index in [0.29, 0.717) is 18.9 Å². The molecule has 0 atom stereocenters. The van der Waals surface area contributed by atoms with Crippen molar-refractivity contribution in [2.75, 3.05) is 6.54 Å². The van der Waals surface area contributed by atoms with Crippen molar-refractivity contribution >= 4 is 11.3 Å². The van der Waals surface area contributed by atoms with Gasteiger partial charge in [-0.05, 0) is 35.7 Å². The molecule has 34 heavy (non-hydrogen) atoms. The van der Waals surface area contributed by atoms with Crippen LogP contribution in [0.3, 0.4) is 0 Å². The molecule has 0 saturated heterocycles. The molecule has 1 aliphatic heterocycles. The number of pyridine rings is 1. The van der Waals surface area contributed by atoms with E-state index in [1.54, 1.807) is 23.7 Å². The molecule has 0 amide bonds. The van der Waals surface area contributed by atoms with E-state index in [9.17, 15) is 4.79 Å². The fraction of sp³-hybridized carbons (Fsp3) is 0.154. The molecule has 0 unspecified atom stereocenters. The van der Waals surface area contributed by atoms with Crippen molar-refractivity contribution in [3.63, 3.8) is 0 Å². The minimum atomic E-state index is -0.0487. The molecule has 0 radical (unpaired) electrons. The summed E-state index contributed by atoms with van der Waals surface area (Å²) in [5, 5.41) is 6.89. The first-order chi connectivity index (χ1) is 16.7. The van der Waals surface area contributed by atoms with Crippen LogP contribution in [-0.2, 0) is 19.5 Å². The lowest BCUT2D eigenvalue weighted by molar-refractivity contribution is 0.242. The Morgan fingerprint density at radius 1 is 1.03 bits per heavy atom. The molecule has 1 aromatic carbocycles. The second-order valence-corrected chi connectivity index (χ2v) is 9.24. The van der Waals surface area contributed by atoms with Crippen molar-refractivity contribution < 1.29 is 0 Å². The minimum Gasteiger partial charge on any atom is -0.306 e. The van der Waals surface area contributed by atoms with Crippen LogP contribution >= 0.6 is 11.3 Å². The van der Waals surface area contributed by atoms with Gasteiger partial charge >= 0.3 is 0 Å². The van der Waals surface area contributed by atoms with E-state index in [0.717, 1.165) is 51.6 Å². The zero-order valence-corrected chi connectivity index (χ0v) is 19.2. The van der Waals surface area contributed by atoms with Gasteiger partial charge in [0, 0.05) is 55.8 Å². The highest BCUT2D eigenvalue weighted by atomic mass is 32.1. The van der Waals surface area contributed by atoms with E-state index in [1.165, 1.54) is 0 Å².